The van der Waals surface area contributed by atoms with Gasteiger partial charge in [0.1, 0.15) is 17.7 Å². The maximum atomic E-state index is 13.9. The van der Waals surface area contributed by atoms with Crippen LogP contribution < -0.4 is 10.6 Å². The van der Waals surface area contributed by atoms with E-state index >= 15 is 0 Å². The Balaban J connectivity index is 2.55. The van der Waals surface area contributed by atoms with Crippen LogP contribution in [0.1, 0.15) is 69.3 Å². The van der Waals surface area contributed by atoms with Crippen LogP contribution in [0, 0.1) is 39.2 Å². The third-order valence-corrected chi connectivity index (χ3v) is 6.38. The van der Waals surface area contributed by atoms with E-state index in [4.69, 9.17) is 11.2 Å². The standard InChI is InChI=1S/C30H39N3O4/c1-10-19(3)25(32-29(36)37-30(7,8)9)28(35)33(11-2)26(23-17-14-16-20(4)22(23)6)27(34)31-24-18-13-12-15-21(24)5/h2,12-19,25-26H,10H2,1,3-9H3,(H,31,34)(H,32,36). The Morgan fingerprint density at radius 1 is 1.03 bits per heavy atom. The molecule has 2 N–H and O–H groups in total. The minimum atomic E-state index is -1.12. The highest BCUT2D eigenvalue weighted by molar-refractivity contribution is 6.00. The Morgan fingerprint density at radius 3 is 2.22 bits per heavy atom. The molecule has 0 saturated carbocycles. The molecule has 0 aliphatic rings. The molecule has 0 spiro atoms. The lowest BCUT2D eigenvalue weighted by Crippen LogP contribution is -2.53. The zero-order chi connectivity index (χ0) is 27.9. The van der Waals surface area contributed by atoms with Gasteiger partial charge in [-0.05, 0) is 75.8 Å². The van der Waals surface area contributed by atoms with Gasteiger partial charge in [0.05, 0.1) is 0 Å². The van der Waals surface area contributed by atoms with E-state index in [0.717, 1.165) is 21.6 Å². The van der Waals surface area contributed by atoms with Crippen molar-refractivity contribution in [1.29, 1.82) is 0 Å². The Labute approximate surface area is 221 Å². The molecule has 37 heavy (non-hydrogen) atoms. The van der Waals surface area contributed by atoms with E-state index in [1.807, 2.05) is 65.0 Å². The summed E-state index contributed by atoms with van der Waals surface area (Å²) in [6, 6.07) is 13.3. The van der Waals surface area contributed by atoms with Gasteiger partial charge in [0, 0.05) is 11.7 Å². The number of para-hydroxylation sites is 1. The second-order valence-corrected chi connectivity index (χ2v) is 10.3. The fourth-order valence-corrected chi connectivity index (χ4v) is 3.91. The molecular formula is C30H39N3O4. The molecule has 3 amide bonds. The number of carbonyl (C=O) groups excluding carboxylic acids is 3. The molecule has 2 aromatic carbocycles. The topological polar surface area (TPSA) is 87.7 Å². The van der Waals surface area contributed by atoms with Crippen molar-refractivity contribution in [1.82, 2.24) is 10.2 Å². The van der Waals surface area contributed by atoms with Crippen molar-refractivity contribution >= 4 is 23.6 Å². The summed E-state index contributed by atoms with van der Waals surface area (Å²) in [6.07, 6.45) is 5.77. The number of nitrogens with zero attached hydrogens (tertiary/aromatic N) is 1. The van der Waals surface area contributed by atoms with Gasteiger partial charge in [0.2, 0.25) is 0 Å². The fraction of sp³-hybridized carbons (Fsp3) is 0.433. The molecule has 0 heterocycles. The van der Waals surface area contributed by atoms with Crippen molar-refractivity contribution in [3.8, 4) is 12.5 Å². The Kier molecular flexibility index (Phi) is 9.90. The Hall–Kier alpha value is -3.79. The number of terminal acetylenes is 1. The average Bonchev–Trinajstić information content (AvgIpc) is 2.82. The van der Waals surface area contributed by atoms with Gasteiger partial charge < -0.3 is 15.4 Å². The molecule has 0 radical (unpaired) electrons. The van der Waals surface area contributed by atoms with Crippen molar-refractivity contribution in [2.24, 2.45) is 5.92 Å². The van der Waals surface area contributed by atoms with E-state index in [1.54, 1.807) is 32.9 Å². The summed E-state index contributed by atoms with van der Waals surface area (Å²) >= 11 is 0. The number of nitrogens with one attached hydrogen (secondary N) is 2. The number of anilines is 1. The second-order valence-electron chi connectivity index (χ2n) is 10.3. The van der Waals surface area contributed by atoms with Gasteiger partial charge in [-0.2, -0.15) is 0 Å². The van der Waals surface area contributed by atoms with Crippen molar-refractivity contribution in [3.63, 3.8) is 0 Å². The van der Waals surface area contributed by atoms with Crippen LogP contribution in [0.15, 0.2) is 42.5 Å². The van der Waals surface area contributed by atoms with E-state index in [9.17, 15) is 14.4 Å². The predicted molar refractivity (Wildman–Crippen MR) is 147 cm³/mol. The summed E-state index contributed by atoms with van der Waals surface area (Å²) in [6.45, 7) is 14.7. The number of benzene rings is 2. The van der Waals surface area contributed by atoms with Gasteiger partial charge in [-0.15, -0.1) is 0 Å². The first-order chi connectivity index (χ1) is 17.3. The SMILES string of the molecule is C#CN(C(=O)C(NC(=O)OC(C)(C)C)C(C)CC)C(C(=O)Nc1ccccc1C)c1cccc(C)c1C. The lowest BCUT2D eigenvalue weighted by molar-refractivity contribution is -0.137. The molecule has 7 nitrogen and oxygen atoms in total. The average molecular weight is 506 g/mol. The van der Waals surface area contributed by atoms with Crippen molar-refractivity contribution in [2.75, 3.05) is 5.32 Å². The monoisotopic (exact) mass is 505 g/mol. The van der Waals surface area contributed by atoms with Crippen LogP contribution in [0.5, 0.6) is 0 Å². The van der Waals surface area contributed by atoms with Crippen molar-refractivity contribution in [2.45, 2.75) is 79.5 Å². The molecule has 0 bridgehead atoms. The van der Waals surface area contributed by atoms with Crippen LogP contribution in [-0.2, 0) is 14.3 Å². The van der Waals surface area contributed by atoms with E-state index < -0.39 is 35.6 Å². The number of hydrogen-bond donors (Lipinski definition) is 2. The van der Waals surface area contributed by atoms with E-state index in [-0.39, 0.29) is 5.92 Å². The Bertz CT molecular complexity index is 1180. The second kappa shape index (κ2) is 12.4. The number of aryl methyl sites for hydroxylation is 2. The third-order valence-electron chi connectivity index (χ3n) is 6.38. The summed E-state index contributed by atoms with van der Waals surface area (Å²) in [4.78, 5) is 41.4. The molecule has 2 aromatic rings. The lowest BCUT2D eigenvalue weighted by Gasteiger charge is -2.33. The molecular weight excluding hydrogens is 466 g/mol. The number of alkyl carbamates (subject to hydrolysis) is 1. The van der Waals surface area contributed by atoms with Gasteiger partial charge >= 0.3 is 6.09 Å². The summed E-state index contributed by atoms with van der Waals surface area (Å²) in [5, 5.41) is 5.63. The summed E-state index contributed by atoms with van der Waals surface area (Å²) in [5.74, 6) is -1.28. The molecule has 3 unspecified atom stereocenters. The summed E-state index contributed by atoms with van der Waals surface area (Å²) in [7, 11) is 0. The van der Waals surface area contributed by atoms with Gasteiger partial charge in [-0.1, -0.05) is 63.1 Å². The minimum Gasteiger partial charge on any atom is -0.444 e. The van der Waals surface area contributed by atoms with Gasteiger partial charge in [-0.25, -0.2) is 4.79 Å². The normalized spacial score (nSPS) is 13.5. The van der Waals surface area contributed by atoms with Crippen LogP contribution in [0.25, 0.3) is 0 Å². The number of carbonyl (C=O) groups is 3. The molecule has 0 aromatic heterocycles. The first-order valence-electron chi connectivity index (χ1n) is 12.5. The molecule has 2 rings (SSSR count). The maximum Gasteiger partial charge on any atom is 0.408 e. The van der Waals surface area contributed by atoms with E-state index in [2.05, 4.69) is 16.7 Å². The van der Waals surface area contributed by atoms with Crippen LogP contribution in [0.3, 0.4) is 0 Å². The summed E-state index contributed by atoms with van der Waals surface area (Å²) < 4.78 is 5.39. The van der Waals surface area contributed by atoms with E-state index in [1.165, 1.54) is 0 Å². The fourth-order valence-electron chi connectivity index (χ4n) is 3.91. The zero-order valence-corrected chi connectivity index (χ0v) is 23.1. The number of hydrogen-bond acceptors (Lipinski definition) is 4. The van der Waals surface area contributed by atoms with Gasteiger partial charge in [0.15, 0.2) is 0 Å². The highest BCUT2D eigenvalue weighted by atomic mass is 16.6. The smallest absolute Gasteiger partial charge is 0.408 e. The maximum absolute atomic E-state index is 13.9. The highest BCUT2D eigenvalue weighted by Crippen LogP contribution is 2.29. The number of amides is 3. The molecule has 0 saturated heterocycles. The predicted octanol–water partition coefficient (Wildman–Crippen LogP) is 5.65. The molecule has 7 heteroatoms. The van der Waals surface area contributed by atoms with Crippen LogP contribution in [-0.4, -0.2) is 34.5 Å². The molecule has 0 aliphatic carbocycles. The first kappa shape index (κ1) is 29.4. The molecule has 0 aliphatic heterocycles. The zero-order valence-electron chi connectivity index (χ0n) is 23.1. The van der Waals surface area contributed by atoms with Crippen molar-refractivity contribution < 1.29 is 19.1 Å². The highest BCUT2D eigenvalue weighted by Gasteiger charge is 2.38. The van der Waals surface area contributed by atoms with Crippen molar-refractivity contribution in [3.05, 3.63) is 64.7 Å². The molecule has 3 atom stereocenters. The molecule has 198 valence electrons. The lowest BCUT2D eigenvalue weighted by atomic mass is 9.93. The Morgan fingerprint density at radius 2 is 1.65 bits per heavy atom. The first-order valence-corrected chi connectivity index (χ1v) is 12.5. The largest absolute Gasteiger partial charge is 0.444 e. The molecule has 0 fully saturated rings. The van der Waals surface area contributed by atoms with Gasteiger partial charge in [0.25, 0.3) is 11.8 Å². The van der Waals surface area contributed by atoms with Crippen LogP contribution in [0.2, 0.25) is 0 Å². The van der Waals surface area contributed by atoms with Crippen LogP contribution in [0.4, 0.5) is 10.5 Å². The minimum absolute atomic E-state index is 0.269. The number of rotatable bonds is 8. The van der Waals surface area contributed by atoms with Gasteiger partial charge in [-0.3, -0.25) is 14.5 Å². The third kappa shape index (κ3) is 7.60. The van der Waals surface area contributed by atoms with Crippen LogP contribution >= 0.6 is 0 Å². The quantitative estimate of drug-likeness (QED) is 0.358. The van der Waals surface area contributed by atoms with E-state index in [0.29, 0.717) is 17.7 Å². The number of ether oxygens (including phenoxy) is 1. The summed E-state index contributed by atoms with van der Waals surface area (Å²) in [5.41, 5.74) is 3.17.